The molecule has 0 spiro atoms. The van der Waals surface area contributed by atoms with E-state index < -0.39 is 24.6 Å². The summed E-state index contributed by atoms with van der Waals surface area (Å²) in [5.74, 6) is -3.25. The van der Waals surface area contributed by atoms with E-state index in [4.69, 9.17) is 10.5 Å². The molecule has 0 bridgehead atoms. The maximum atomic E-state index is 13.6. The first kappa shape index (κ1) is 15.7. The van der Waals surface area contributed by atoms with Crippen molar-refractivity contribution in [2.45, 2.75) is 31.9 Å². The van der Waals surface area contributed by atoms with Gasteiger partial charge in [0, 0.05) is 13.0 Å². The van der Waals surface area contributed by atoms with Crippen LogP contribution >= 0.6 is 0 Å². The Kier molecular flexibility index (Phi) is 4.77. The van der Waals surface area contributed by atoms with Crippen molar-refractivity contribution in [1.29, 1.82) is 0 Å². The summed E-state index contributed by atoms with van der Waals surface area (Å²) in [6.45, 7) is 1.26. The summed E-state index contributed by atoms with van der Waals surface area (Å²) in [5.41, 5.74) is 6.44. The van der Waals surface area contributed by atoms with Crippen molar-refractivity contribution >= 4 is 6.09 Å². The maximum absolute atomic E-state index is 13.6. The summed E-state index contributed by atoms with van der Waals surface area (Å²) in [6, 6.07) is 8.70. The maximum Gasteiger partial charge on any atom is 0.410 e. The molecule has 2 rings (SSSR count). The second-order valence-corrected chi connectivity index (χ2v) is 5.51. The molecule has 1 amide bonds. The van der Waals surface area contributed by atoms with Crippen molar-refractivity contribution in [3.05, 3.63) is 35.9 Å². The van der Waals surface area contributed by atoms with Gasteiger partial charge in [-0.3, -0.25) is 4.90 Å². The molecule has 2 atom stereocenters. The van der Waals surface area contributed by atoms with Gasteiger partial charge in [-0.25, -0.2) is 13.6 Å². The molecule has 1 aliphatic rings. The highest BCUT2D eigenvalue weighted by atomic mass is 19.3. The first-order chi connectivity index (χ1) is 9.93. The third-order valence-corrected chi connectivity index (χ3v) is 3.76. The second-order valence-electron chi connectivity index (χ2n) is 5.51. The molecule has 1 aliphatic heterocycles. The molecular formula is C15H20F2N2O2. The number of alkyl halides is 2. The molecule has 0 radical (unpaired) electrons. The first-order valence-corrected chi connectivity index (χ1v) is 6.98. The van der Waals surface area contributed by atoms with Crippen molar-refractivity contribution < 1.29 is 18.3 Å². The minimum atomic E-state index is -2.89. The molecule has 116 valence electrons. The minimum absolute atomic E-state index is 0.0629. The monoisotopic (exact) mass is 298 g/mol. The number of benzene rings is 1. The number of hydrogen-bond donors (Lipinski definition) is 1. The standard InChI is InChI=1S/C15H20F2N2O2/c1-11-7-15(16,17)10-19(13(11)8-18)14(20)21-9-12-5-3-2-4-6-12/h2-6,11,13H,7-10,18H2,1H3/t11-,13?/m1/s1. The van der Waals surface area contributed by atoms with Crippen molar-refractivity contribution in [3.63, 3.8) is 0 Å². The van der Waals surface area contributed by atoms with Crippen LogP contribution in [0.2, 0.25) is 0 Å². The summed E-state index contributed by atoms with van der Waals surface area (Å²) >= 11 is 0. The van der Waals surface area contributed by atoms with Crippen LogP contribution in [0, 0.1) is 5.92 Å². The summed E-state index contributed by atoms with van der Waals surface area (Å²) in [4.78, 5) is 13.2. The number of nitrogens with two attached hydrogens (primary N) is 1. The van der Waals surface area contributed by atoms with Crippen LogP contribution in [0.1, 0.15) is 18.9 Å². The van der Waals surface area contributed by atoms with Crippen LogP contribution in [0.3, 0.4) is 0 Å². The number of nitrogens with zero attached hydrogens (tertiary/aromatic N) is 1. The lowest BCUT2D eigenvalue weighted by Crippen LogP contribution is -2.57. The number of amides is 1. The molecule has 1 aromatic rings. The second kappa shape index (κ2) is 6.39. The highest BCUT2D eigenvalue weighted by Crippen LogP contribution is 2.34. The third-order valence-electron chi connectivity index (χ3n) is 3.76. The van der Waals surface area contributed by atoms with E-state index in [1.54, 1.807) is 19.1 Å². The molecule has 4 nitrogen and oxygen atoms in total. The molecule has 21 heavy (non-hydrogen) atoms. The van der Waals surface area contributed by atoms with E-state index in [9.17, 15) is 13.6 Å². The number of rotatable bonds is 3. The number of carbonyl (C=O) groups excluding carboxylic acids is 1. The molecule has 1 heterocycles. The largest absolute Gasteiger partial charge is 0.445 e. The number of carbonyl (C=O) groups is 1. The summed E-state index contributed by atoms with van der Waals surface area (Å²) in [7, 11) is 0. The number of hydrogen-bond acceptors (Lipinski definition) is 3. The molecule has 0 saturated carbocycles. The van der Waals surface area contributed by atoms with Crippen LogP contribution in [0.5, 0.6) is 0 Å². The Morgan fingerprint density at radius 3 is 2.71 bits per heavy atom. The number of piperidine rings is 1. The van der Waals surface area contributed by atoms with Crippen molar-refractivity contribution in [3.8, 4) is 0 Å². The highest BCUT2D eigenvalue weighted by molar-refractivity contribution is 5.68. The Labute approximate surface area is 122 Å². The minimum Gasteiger partial charge on any atom is -0.445 e. The quantitative estimate of drug-likeness (QED) is 0.933. The van der Waals surface area contributed by atoms with Gasteiger partial charge in [0.2, 0.25) is 0 Å². The number of halogens is 2. The van der Waals surface area contributed by atoms with Gasteiger partial charge in [-0.15, -0.1) is 0 Å². The van der Waals surface area contributed by atoms with Crippen molar-refractivity contribution in [2.75, 3.05) is 13.1 Å². The Hall–Kier alpha value is -1.69. The average molecular weight is 298 g/mol. The van der Waals surface area contributed by atoms with E-state index in [-0.39, 0.29) is 25.5 Å². The van der Waals surface area contributed by atoms with E-state index >= 15 is 0 Å². The average Bonchev–Trinajstić information content (AvgIpc) is 2.44. The molecule has 2 N–H and O–H groups in total. The van der Waals surface area contributed by atoms with Gasteiger partial charge in [0.25, 0.3) is 5.92 Å². The fourth-order valence-corrected chi connectivity index (χ4v) is 2.71. The normalized spacial score (nSPS) is 24.7. The van der Waals surface area contributed by atoms with Gasteiger partial charge in [0.05, 0.1) is 12.6 Å². The van der Waals surface area contributed by atoms with E-state index in [0.717, 1.165) is 10.5 Å². The van der Waals surface area contributed by atoms with E-state index in [1.807, 2.05) is 18.2 Å². The summed E-state index contributed by atoms with van der Waals surface area (Å²) < 4.78 is 32.4. The lowest BCUT2D eigenvalue weighted by molar-refractivity contribution is -0.0961. The van der Waals surface area contributed by atoms with Gasteiger partial charge in [-0.2, -0.15) is 0 Å². The zero-order valence-electron chi connectivity index (χ0n) is 12.0. The van der Waals surface area contributed by atoms with Gasteiger partial charge in [0.15, 0.2) is 0 Å². The van der Waals surface area contributed by atoms with Gasteiger partial charge in [-0.05, 0) is 11.5 Å². The smallest absolute Gasteiger partial charge is 0.410 e. The molecule has 6 heteroatoms. The molecule has 0 aromatic heterocycles. The zero-order valence-corrected chi connectivity index (χ0v) is 12.0. The van der Waals surface area contributed by atoms with Crippen LogP contribution in [-0.2, 0) is 11.3 Å². The fourth-order valence-electron chi connectivity index (χ4n) is 2.71. The van der Waals surface area contributed by atoms with Crippen LogP contribution in [0.25, 0.3) is 0 Å². The van der Waals surface area contributed by atoms with Gasteiger partial charge in [-0.1, -0.05) is 37.3 Å². The summed E-state index contributed by atoms with van der Waals surface area (Å²) in [6.07, 6.45) is -0.988. The van der Waals surface area contributed by atoms with Crippen molar-refractivity contribution in [2.24, 2.45) is 11.7 Å². The third kappa shape index (κ3) is 3.91. The first-order valence-electron chi connectivity index (χ1n) is 6.98. The Morgan fingerprint density at radius 2 is 2.10 bits per heavy atom. The van der Waals surface area contributed by atoms with Crippen LogP contribution < -0.4 is 5.73 Å². The van der Waals surface area contributed by atoms with Gasteiger partial charge >= 0.3 is 6.09 Å². The van der Waals surface area contributed by atoms with Crippen LogP contribution in [0.4, 0.5) is 13.6 Å². The lowest BCUT2D eigenvalue weighted by Gasteiger charge is -2.42. The van der Waals surface area contributed by atoms with Gasteiger partial charge < -0.3 is 10.5 Å². The molecular weight excluding hydrogens is 278 g/mol. The Balaban J connectivity index is 2.01. The summed E-state index contributed by atoms with van der Waals surface area (Å²) in [5, 5.41) is 0. The van der Waals surface area contributed by atoms with Gasteiger partial charge in [0.1, 0.15) is 6.61 Å². The molecule has 1 fully saturated rings. The van der Waals surface area contributed by atoms with Crippen LogP contribution in [-0.4, -0.2) is 36.0 Å². The lowest BCUT2D eigenvalue weighted by atomic mass is 9.89. The topological polar surface area (TPSA) is 55.6 Å². The Bertz CT molecular complexity index is 482. The van der Waals surface area contributed by atoms with E-state index in [1.165, 1.54) is 0 Å². The molecule has 1 saturated heterocycles. The molecule has 1 unspecified atom stereocenters. The SMILES string of the molecule is C[C@@H]1CC(F)(F)CN(C(=O)OCc2ccccc2)C1CN. The fraction of sp³-hybridized carbons (Fsp3) is 0.533. The van der Waals surface area contributed by atoms with E-state index in [0.29, 0.717) is 0 Å². The predicted molar refractivity (Wildman–Crippen MR) is 74.9 cm³/mol. The molecule has 0 aliphatic carbocycles. The van der Waals surface area contributed by atoms with Crippen LogP contribution in [0.15, 0.2) is 30.3 Å². The van der Waals surface area contributed by atoms with Crippen molar-refractivity contribution in [1.82, 2.24) is 4.90 Å². The molecule has 1 aromatic carbocycles. The highest BCUT2D eigenvalue weighted by Gasteiger charge is 2.46. The number of likely N-dealkylation sites (tertiary alicyclic amines) is 1. The predicted octanol–water partition coefficient (Wildman–Crippen LogP) is 2.63. The Morgan fingerprint density at radius 1 is 1.43 bits per heavy atom. The zero-order chi connectivity index (χ0) is 15.5. The number of ether oxygens (including phenoxy) is 1. The van der Waals surface area contributed by atoms with E-state index in [2.05, 4.69) is 0 Å².